The molecule has 0 aliphatic carbocycles. The number of nitrogens with zero attached hydrogens (tertiary/aromatic N) is 3. The Morgan fingerprint density at radius 3 is 2.47 bits per heavy atom. The lowest BCUT2D eigenvalue weighted by Gasteiger charge is -2.27. The van der Waals surface area contributed by atoms with Crippen molar-refractivity contribution in [2.24, 2.45) is 7.05 Å². The molecule has 2 amide bonds. The Hall–Kier alpha value is -3.35. The van der Waals surface area contributed by atoms with Crippen LogP contribution in [0.3, 0.4) is 0 Å². The maximum Gasteiger partial charge on any atom is 0.317 e. The normalized spacial score (nSPS) is 10.9. The molecule has 0 saturated carbocycles. The van der Waals surface area contributed by atoms with E-state index in [1.807, 2.05) is 51.1 Å². The van der Waals surface area contributed by atoms with E-state index < -0.39 is 5.82 Å². The zero-order valence-corrected chi connectivity index (χ0v) is 17.7. The average molecular weight is 410 g/mol. The van der Waals surface area contributed by atoms with Gasteiger partial charge >= 0.3 is 6.03 Å². The number of aromatic nitrogens is 2. The van der Waals surface area contributed by atoms with Gasteiger partial charge in [0.05, 0.1) is 12.1 Å². The minimum Gasteiger partial charge on any atom is -0.436 e. The van der Waals surface area contributed by atoms with E-state index in [0.717, 1.165) is 5.56 Å². The number of carbonyl (C=O) groups excluding carboxylic acids is 1. The van der Waals surface area contributed by atoms with Crippen LogP contribution < -0.4 is 10.1 Å². The monoisotopic (exact) mass is 410 g/mol. The fourth-order valence-electron chi connectivity index (χ4n) is 3.19. The molecule has 0 unspecified atom stereocenters. The summed E-state index contributed by atoms with van der Waals surface area (Å²) in [5.41, 5.74) is 2.30. The Morgan fingerprint density at radius 1 is 1.17 bits per heavy atom. The highest BCUT2D eigenvalue weighted by atomic mass is 19.1. The first-order valence-corrected chi connectivity index (χ1v) is 10.0. The summed E-state index contributed by atoms with van der Waals surface area (Å²) in [6.07, 6.45) is 0. The van der Waals surface area contributed by atoms with Crippen molar-refractivity contribution in [1.82, 2.24) is 20.0 Å². The molecule has 0 aliphatic rings. The van der Waals surface area contributed by atoms with Crippen molar-refractivity contribution in [3.63, 3.8) is 0 Å². The molecule has 0 spiro atoms. The van der Waals surface area contributed by atoms with Crippen molar-refractivity contribution in [2.75, 3.05) is 6.54 Å². The maximum absolute atomic E-state index is 14.3. The van der Waals surface area contributed by atoms with Crippen molar-refractivity contribution < 1.29 is 13.9 Å². The number of rotatable bonds is 7. The molecule has 1 heterocycles. The van der Waals surface area contributed by atoms with Gasteiger partial charge < -0.3 is 15.0 Å². The van der Waals surface area contributed by atoms with Crippen LogP contribution in [-0.2, 0) is 13.6 Å². The van der Waals surface area contributed by atoms with Crippen molar-refractivity contribution >= 4 is 6.03 Å². The van der Waals surface area contributed by atoms with Gasteiger partial charge in [-0.2, -0.15) is 5.10 Å². The van der Waals surface area contributed by atoms with Crippen LogP contribution in [0, 0.1) is 5.82 Å². The van der Waals surface area contributed by atoms with Gasteiger partial charge in [-0.15, -0.1) is 0 Å². The van der Waals surface area contributed by atoms with E-state index in [-0.39, 0.29) is 24.4 Å². The number of urea groups is 1. The Labute approximate surface area is 176 Å². The molecule has 0 radical (unpaired) electrons. The van der Waals surface area contributed by atoms with Gasteiger partial charge in [0.15, 0.2) is 11.6 Å². The number of aryl methyl sites for hydroxylation is 1. The first kappa shape index (κ1) is 21.4. The number of nitrogens with one attached hydrogen (secondary N) is 1. The van der Waals surface area contributed by atoms with Gasteiger partial charge in [-0.25, -0.2) is 13.9 Å². The minimum absolute atomic E-state index is 0.0540. The number of benzene rings is 2. The van der Waals surface area contributed by atoms with Crippen molar-refractivity contribution in [3.8, 4) is 22.9 Å². The minimum atomic E-state index is -0.463. The molecule has 6 nitrogen and oxygen atoms in total. The van der Waals surface area contributed by atoms with Crippen molar-refractivity contribution in [1.29, 1.82) is 0 Å². The number of amides is 2. The summed E-state index contributed by atoms with van der Waals surface area (Å²) in [4.78, 5) is 14.4. The Balaban J connectivity index is 2.09. The highest BCUT2D eigenvalue weighted by molar-refractivity contribution is 5.75. The molecule has 158 valence electrons. The third-order valence-electron chi connectivity index (χ3n) is 4.72. The lowest BCUT2D eigenvalue weighted by Crippen LogP contribution is -2.43. The maximum atomic E-state index is 14.3. The summed E-state index contributed by atoms with van der Waals surface area (Å²) < 4.78 is 21.8. The van der Waals surface area contributed by atoms with Crippen LogP contribution in [0.1, 0.15) is 26.3 Å². The van der Waals surface area contributed by atoms with E-state index in [2.05, 4.69) is 10.4 Å². The molecule has 3 rings (SSSR count). The summed E-state index contributed by atoms with van der Waals surface area (Å²) in [6.45, 7) is 6.57. The van der Waals surface area contributed by atoms with Gasteiger partial charge in [0.2, 0.25) is 5.88 Å². The molecule has 1 N–H and O–H groups in total. The predicted molar refractivity (Wildman–Crippen MR) is 115 cm³/mol. The predicted octanol–water partition coefficient (Wildman–Crippen LogP) is 4.96. The first-order valence-electron chi connectivity index (χ1n) is 10.0. The highest BCUT2D eigenvalue weighted by Crippen LogP contribution is 2.35. The largest absolute Gasteiger partial charge is 0.436 e. The molecule has 0 bridgehead atoms. The number of halogens is 1. The van der Waals surface area contributed by atoms with Crippen LogP contribution in [0.2, 0.25) is 0 Å². The van der Waals surface area contributed by atoms with E-state index >= 15 is 0 Å². The van der Waals surface area contributed by atoms with Gasteiger partial charge in [-0.05, 0) is 32.9 Å². The third-order valence-corrected chi connectivity index (χ3v) is 4.72. The van der Waals surface area contributed by atoms with Crippen LogP contribution in [0.25, 0.3) is 11.3 Å². The zero-order valence-electron chi connectivity index (χ0n) is 17.7. The molecule has 0 saturated heterocycles. The number of carbonyl (C=O) groups is 1. The Morgan fingerprint density at radius 2 is 1.83 bits per heavy atom. The molecule has 3 aromatic rings. The van der Waals surface area contributed by atoms with Gasteiger partial charge in [0.1, 0.15) is 5.69 Å². The smallest absolute Gasteiger partial charge is 0.317 e. The Kier molecular flexibility index (Phi) is 6.72. The molecule has 0 fully saturated rings. The second-order valence-electron chi connectivity index (χ2n) is 7.21. The molecular formula is C23H27FN4O2. The summed E-state index contributed by atoms with van der Waals surface area (Å²) in [6, 6.07) is 15.7. The van der Waals surface area contributed by atoms with Crippen molar-refractivity contribution in [2.45, 2.75) is 33.4 Å². The quantitative estimate of drug-likeness (QED) is 0.599. The van der Waals surface area contributed by atoms with Gasteiger partial charge in [-0.3, -0.25) is 0 Å². The standard InChI is InChI=1S/C23H27FN4O2/c1-5-25-23(29)28(16(2)3)15-18-21(17-11-7-6-8-12-17)26-27(4)22(18)30-20-14-10-9-13-19(20)24/h6-14,16H,5,15H2,1-4H3,(H,25,29). The van der Waals surface area contributed by atoms with E-state index in [0.29, 0.717) is 23.7 Å². The number of para-hydroxylation sites is 1. The lowest BCUT2D eigenvalue weighted by molar-refractivity contribution is 0.179. The lowest BCUT2D eigenvalue weighted by atomic mass is 10.1. The summed E-state index contributed by atoms with van der Waals surface area (Å²) in [5, 5.41) is 7.49. The second kappa shape index (κ2) is 9.43. The van der Waals surface area contributed by atoms with Crippen LogP contribution in [0.4, 0.5) is 9.18 Å². The molecule has 2 aromatic carbocycles. The highest BCUT2D eigenvalue weighted by Gasteiger charge is 2.26. The molecule has 1 aromatic heterocycles. The number of hydrogen-bond acceptors (Lipinski definition) is 3. The summed E-state index contributed by atoms with van der Waals surface area (Å²) in [7, 11) is 1.75. The molecule has 30 heavy (non-hydrogen) atoms. The average Bonchev–Trinajstić information content (AvgIpc) is 3.03. The fourth-order valence-corrected chi connectivity index (χ4v) is 3.19. The molecule has 0 atom stereocenters. The van der Waals surface area contributed by atoms with E-state index in [1.54, 1.807) is 34.8 Å². The van der Waals surface area contributed by atoms with Crippen LogP contribution in [0.15, 0.2) is 54.6 Å². The number of hydrogen-bond donors (Lipinski definition) is 1. The van der Waals surface area contributed by atoms with Crippen molar-refractivity contribution in [3.05, 3.63) is 66.0 Å². The fraction of sp³-hybridized carbons (Fsp3) is 0.304. The summed E-state index contributed by atoms with van der Waals surface area (Å²) >= 11 is 0. The van der Waals surface area contributed by atoms with E-state index in [1.165, 1.54) is 6.07 Å². The van der Waals surface area contributed by atoms with E-state index in [9.17, 15) is 9.18 Å². The topological polar surface area (TPSA) is 59.4 Å². The first-order chi connectivity index (χ1) is 14.4. The second-order valence-corrected chi connectivity index (χ2v) is 7.21. The van der Waals surface area contributed by atoms with Crippen LogP contribution >= 0.6 is 0 Å². The summed E-state index contributed by atoms with van der Waals surface area (Å²) in [5.74, 6) is 0.0414. The molecule has 0 aliphatic heterocycles. The Bertz CT molecular complexity index is 1000. The molecular weight excluding hydrogens is 383 g/mol. The van der Waals surface area contributed by atoms with Crippen LogP contribution in [0.5, 0.6) is 11.6 Å². The zero-order chi connectivity index (χ0) is 21.7. The molecule has 7 heteroatoms. The van der Waals surface area contributed by atoms with E-state index in [4.69, 9.17) is 4.74 Å². The third kappa shape index (κ3) is 4.62. The van der Waals surface area contributed by atoms with Gasteiger partial charge in [0, 0.05) is 25.2 Å². The SMILES string of the molecule is CCNC(=O)N(Cc1c(-c2ccccc2)nn(C)c1Oc1ccccc1F)C(C)C. The number of ether oxygens (including phenoxy) is 1. The van der Waals surface area contributed by atoms with Crippen LogP contribution in [-0.4, -0.2) is 33.3 Å². The van der Waals surface area contributed by atoms with Gasteiger partial charge in [0.25, 0.3) is 0 Å². The van der Waals surface area contributed by atoms with Gasteiger partial charge in [-0.1, -0.05) is 42.5 Å².